The molecule has 1 heterocycles. The van der Waals surface area contributed by atoms with Gasteiger partial charge in [0.25, 0.3) is 11.8 Å². The second-order valence-corrected chi connectivity index (χ2v) is 8.42. The van der Waals surface area contributed by atoms with Crippen LogP contribution in [0.2, 0.25) is 0 Å². The lowest BCUT2D eigenvalue weighted by atomic mass is 9.73. The predicted octanol–water partition coefficient (Wildman–Crippen LogP) is 2.00. The van der Waals surface area contributed by atoms with Crippen molar-refractivity contribution in [3.8, 4) is 0 Å². The summed E-state index contributed by atoms with van der Waals surface area (Å²) in [5.74, 6) is -2.23. The van der Waals surface area contributed by atoms with E-state index in [-0.39, 0.29) is 5.92 Å². The van der Waals surface area contributed by atoms with Gasteiger partial charge in [0.2, 0.25) is 0 Å². The number of amides is 6. The van der Waals surface area contributed by atoms with Crippen molar-refractivity contribution in [2.45, 2.75) is 52.0 Å². The van der Waals surface area contributed by atoms with Gasteiger partial charge in [-0.05, 0) is 44.2 Å². The molecule has 10 heteroatoms. The maximum absolute atomic E-state index is 12.8. The summed E-state index contributed by atoms with van der Waals surface area (Å²) < 4.78 is 4.85. The number of rotatable bonds is 5. The second-order valence-electron chi connectivity index (χ2n) is 8.42. The van der Waals surface area contributed by atoms with Crippen molar-refractivity contribution < 1.29 is 28.7 Å². The maximum atomic E-state index is 12.8. The SMILES string of the molecule is Cc1ccc(NC(=O)NC(=O)COC(=O)CN2C(=O)NC3(CCCCC3C)C2=O)c(C)c1. The highest BCUT2D eigenvalue weighted by Crippen LogP contribution is 2.38. The van der Waals surface area contributed by atoms with E-state index in [1.165, 1.54) is 0 Å². The minimum Gasteiger partial charge on any atom is -0.454 e. The number of esters is 1. The third kappa shape index (κ3) is 4.90. The fraction of sp³-hybridized carbons (Fsp3) is 0.500. The molecule has 1 saturated heterocycles. The number of carbonyl (C=O) groups is 5. The number of hydrogen-bond donors (Lipinski definition) is 3. The van der Waals surface area contributed by atoms with Crippen molar-refractivity contribution in [1.82, 2.24) is 15.5 Å². The average Bonchev–Trinajstić information content (AvgIpc) is 2.96. The van der Waals surface area contributed by atoms with Gasteiger partial charge in [-0.15, -0.1) is 0 Å². The predicted molar refractivity (Wildman–Crippen MR) is 115 cm³/mol. The molecule has 32 heavy (non-hydrogen) atoms. The summed E-state index contributed by atoms with van der Waals surface area (Å²) >= 11 is 0. The molecule has 0 aromatic heterocycles. The van der Waals surface area contributed by atoms with Gasteiger partial charge in [-0.3, -0.25) is 24.6 Å². The molecule has 1 saturated carbocycles. The molecule has 0 radical (unpaired) electrons. The quantitative estimate of drug-likeness (QED) is 0.470. The van der Waals surface area contributed by atoms with Crippen LogP contribution in [0.4, 0.5) is 15.3 Å². The lowest BCUT2D eigenvalue weighted by Crippen LogP contribution is -2.54. The van der Waals surface area contributed by atoms with Crippen molar-refractivity contribution in [1.29, 1.82) is 0 Å². The molecule has 10 nitrogen and oxygen atoms in total. The summed E-state index contributed by atoms with van der Waals surface area (Å²) in [7, 11) is 0. The van der Waals surface area contributed by atoms with Crippen LogP contribution in [0.5, 0.6) is 0 Å². The smallest absolute Gasteiger partial charge is 0.326 e. The van der Waals surface area contributed by atoms with E-state index < -0.39 is 48.5 Å². The normalized spacial score (nSPS) is 22.5. The molecule has 3 N–H and O–H groups in total. The lowest BCUT2D eigenvalue weighted by Gasteiger charge is -2.36. The number of urea groups is 2. The Hall–Kier alpha value is -3.43. The van der Waals surface area contributed by atoms with Crippen molar-refractivity contribution in [3.63, 3.8) is 0 Å². The molecule has 1 aromatic rings. The van der Waals surface area contributed by atoms with Gasteiger partial charge in [0, 0.05) is 5.69 Å². The van der Waals surface area contributed by atoms with Crippen LogP contribution >= 0.6 is 0 Å². The van der Waals surface area contributed by atoms with Crippen LogP contribution in [0.25, 0.3) is 0 Å². The van der Waals surface area contributed by atoms with Crippen LogP contribution in [-0.2, 0) is 19.1 Å². The molecule has 0 bridgehead atoms. The number of anilines is 1. The molecule has 2 unspecified atom stereocenters. The van der Waals surface area contributed by atoms with Crippen molar-refractivity contribution >= 4 is 35.5 Å². The summed E-state index contributed by atoms with van der Waals surface area (Å²) in [6.45, 7) is 4.34. The third-order valence-corrected chi connectivity index (χ3v) is 6.04. The van der Waals surface area contributed by atoms with E-state index in [1.807, 2.05) is 32.9 Å². The van der Waals surface area contributed by atoms with Crippen LogP contribution in [0.15, 0.2) is 18.2 Å². The topological polar surface area (TPSA) is 134 Å². The van der Waals surface area contributed by atoms with Gasteiger partial charge in [0.1, 0.15) is 12.1 Å². The molecule has 172 valence electrons. The van der Waals surface area contributed by atoms with E-state index >= 15 is 0 Å². The highest BCUT2D eigenvalue weighted by Gasteiger charge is 2.55. The van der Waals surface area contributed by atoms with Gasteiger partial charge < -0.3 is 15.4 Å². The minimum atomic E-state index is -0.973. The Morgan fingerprint density at radius 3 is 2.66 bits per heavy atom. The van der Waals surface area contributed by atoms with Gasteiger partial charge in [0.05, 0.1) is 0 Å². The van der Waals surface area contributed by atoms with E-state index in [0.29, 0.717) is 12.1 Å². The second kappa shape index (κ2) is 9.37. The monoisotopic (exact) mass is 444 g/mol. The van der Waals surface area contributed by atoms with E-state index in [1.54, 1.807) is 6.07 Å². The van der Waals surface area contributed by atoms with E-state index in [0.717, 1.165) is 35.3 Å². The standard InChI is InChI=1S/C22H28N4O6/c1-13-7-8-16(14(2)10-13)23-20(30)24-17(27)12-32-18(28)11-26-19(29)22(25-21(26)31)9-5-4-6-15(22)3/h7-8,10,15H,4-6,9,11-12H2,1-3H3,(H,25,31)(H2,23,24,27,30). The summed E-state index contributed by atoms with van der Waals surface area (Å²) in [6.07, 6.45) is 3.15. The molecule has 2 fully saturated rings. The van der Waals surface area contributed by atoms with Crippen LogP contribution in [0.1, 0.15) is 43.7 Å². The minimum absolute atomic E-state index is 0.0322. The first-order valence-corrected chi connectivity index (χ1v) is 10.6. The zero-order valence-electron chi connectivity index (χ0n) is 18.4. The number of nitrogens with one attached hydrogen (secondary N) is 3. The molecule has 1 aliphatic carbocycles. The van der Waals surface area contributed by atoms with Crippen LogP contribution < -0.4 is 16.0 Å². The number of aryl methyl sites for hydroxylation is 2. The van der Waals surface area contributed by atoms with Gasteiger partial charge in [-0.25, -0.2) is 9.59 Å². The number of hydrogen-bond acceptors (Lipinski definition) is 6. The average molecular weight is 444 g/mol. The van der Waals surface area contributed by atoms with Gasteiger partial charge >= 0.3 is 18.0 Å². The van der Waals surface area contributed by atoms with Crippen LogP contribution in [0, 0.1) is 19.8 Å². The Bertz CT molecular complexity index is 962. The number of benzene rings is 1. The Kier molecular flexibility index (Phi) is 6.81. The molecule has 3 rings (SSSR count). The largest absolute Gasteiger partial charge is 0.454 e. The zero-order valence-corrected chi connectivity index (χ0v) is 18.4. The van der Waals surface area contributed by atoms with E-state index in [4.69, 9.17) is 4.74 Å². The van der Waals surface area contributed by atoms with Crippen LogP contribution in [0.3, 0.4) is 0 Å². The van der Waals surface area contributed by atoms with Gasteiger partial charge in [-0.2, -0.15) is 0 Å². The third-order valence-electron chi connectivity index (χ3n) is 6.04. The molecule has 1 aliphatic heterocycles. The summed E-state index contributed by atoms with van der Waals surface area (Å²) in [4.78, 5) is 62.0. The number of carbonyl (C=O) groups excluding carboxylic acids is 5. The fourth-order valence-electron chi connectivity index (χ4n) is 4.23. The zero-order chi connectivity index (χ0) is 23.5. The van der Waals surface area contributed by atoms with E-state index in [2.05, 4.69) is 16.0 Å². The maximum Gasteiger partial charge on any atom is 0.326 e. The Balaban J connectivity index is 1.47. The van der Waals surface area contributed by atoms with Gasteiger partial charge in [0.15, 0.2) is 6.61 Å². The lowest BCUT2D eigenvalue weighted by molar-refractivity contribution is -0.151. The Morgan fingerprint density at radius 1 is 1.22 bits per heavy atom. The molecular formula is C22H28N4O6. The molecule has 2 aliphatic rings. The Labute approximate surface area is 186 Å². The van der Waals surface area contributed by atoms with E-state index in [9.17, 15) is 24.0 Å². The summed E-state index contributed by atoms with van der Waals surface area (Å²) in [5.41, 5.74) is 1.43. The van der Waals surface area contributed by atoms with Gasteiger partial charge in [-0.1, -0.05) is 37.5 Å². The first-order valence-electron chi connectivity index (χ1n) is 10.6. The van der Waals surface area contributed by atoms with Crippen LogP contribution in [-0.4, -0.2) is 53.4 Å². The number of imide groups is 2. The highest BCUT2D eigenvalue weighted by molar-refractivity contribution is 6.09. The van der Waals surface area contributed by atoms with Crippen molar-refractivity contribution in [3.05, 3.63) is 29.3 Å². The van der Waals surface area contributed by atoms with Crippen molar-refractivity contribution in [2.24, 2.45) is 5.92 Å². The molecule has 1 spiro atoms. The number of ether oxygens (including phenoxy) is 1. The summed E-state index contributed by atoms with van der Waals surface area (Å²) in [6, 6.07) is 4.01. The molecule has 2 atom stereocenters. The molecule has 6 amide bonds. The molecular weight excluding hydrogens is 416 g/mol. The summed E-state index contributed by atoms with van der Waals surface area (Å²) in [5, 5.41) is 7.35. The fourth-order valence-corrected chi connectivity index (χ4v) is 4.23. The highest BCUT2D eigenvalue weighted by atomic mass is 16.5. The Morgan fingerprint density at radius 2 is 1.97 bits per heavy atom. The number of nitrogens with zero attached hydrogens (tertiary/aromatic N) is 1. The molecule has 1 aromatic carbocycles. The first kappa shape index (κ1) is 23.2. The van der Waals surface area contributed by atoms with Crippen molar-refractivity contribution in [2.75, 3.05) is 18.5 Å². The first-order chi connectivity index (χ1) is 15.1.